The summed E-state index contributed by atoms with van der Waals surface area (Å²) in [4.78, 5) is 14.6. The van der Waals surface area contributed by atoms with E-state index in [1.165, 1.54) is 16.8 Å². The Labute approximate surface area is 83.9 Å². The Morgan fingerprint density at radius 3 is 3.00 bits per heavy atom. The standard InChI is InChI=1S/C8H6ClN3O2/c1-4-2-6(8(13)14)11-7-5(9)3-10-12(4)7/h2-3H,1H3,(H,13,14). The molecule has 0 atom stereocenters. The molecule has 0 aliphatic rings. The third-order valence-corrected chi connectivity index (χ3v) is 2.09. The Kier molecular flexibility index (Phi) is 1.89. The quantitative estimate of drug-likeness (QED) is 0.774. The summed E-state index contributed by atoms with van der Waals surface area (Å²) in [7, 11) is 0. The molecule has 0 aromatic carbocycles. The average molecular weight is 212 g/mol. The molecule has 0 saturated carbocycles. The first-order chi connectivity index (χ1) is 6.59. The fourth-order valence-electron chi connectivity index (χ4n) is 1.20. The Bertz CT molecular complexity index is 521. The third kappa shape index (κ3) is 1.22. The number of hydrogen-bond donors (Lipinski definition) is 1. The van der Waals surface area contributed by atoms with E-state index in [4.69, 9.17) is 16.7 Å². The van der Waals surface area contributed by atoms with E-state index in [9.17, 15) is 4.79 Å². The number of fused-ring (bicyclic) bond motifs is 1. The highest BCUT2D eigenvalue weighted by Crippen LogP contribution is 2.16. The number of nitrogens with zero attached hydrogens (tertiary/aromatic N) is 3. The summed E-state index contributed by atoms with van der Waals surface area (Å²) >= 11 is 5.78. The van der Waals surface area contributed by atoms with Gasteiger partial charge in [-0.3, -0.25) is 0 Å². The van der Waals surface area contributed by atoms with Crippen LogP contribution in [0.15, 0.2) is 12.3 Å². The summed E-state index contributed by atoms with van der Waals surface area (Å²) in [6.07, 6.45) is 1.43. The summed E-state index contributed by atoms with van der Waals surface area (Å²) in [6.45, 7) is 1.74. The third-order valence-electron chi connectivity index (χ3n) is 1.83. The second kappa shape index (κ2) is 2.95. The van der Waals surface area contributed by atoms with Gasteiger partial charge in [0.05, 0.1) is 6.20 Å². The van der Waals surface area contributed by atoms with Crippen molar-refractivity contribution in [1.82, 2.24) is 14.6 Å². The molecule has 0 spiro atoms. The van der Waals surface area contributed by atoms with E-state index in [-0.39, 0.29) is 5.69 Å². The number of aromatic nitrogens is 3. The SMILES string of the molecule is Cc1cc(C(=O)O)nc2c(Cl)cnn12. The van der Waals surface area contributed by atoms with Gasteiger partial charge in [-0.15, -0.1) is 0 Å². The summed E-state index contributed by atoms with van der Waals surface area (Å²) in [5.41, 5.74) is 1.01. The van der Waals surface area contributed by atoms with Crippen LogP contribution in [0.1, 0.15) is 16.2 Å². The second-order valence-corrected chi connectivity index (χ2v) is 3.22. The van der Waals surface area contributed by atoms with Gasteiger partial charge in [0.15, 0.2) is 11.3 Å². The molecule has 6 heteroatoms. The van der Waals surface area contributed by atoms with Crippen molar-refractivity contribution < 1.29 is 9.90 Å². The van der Waals surface area contributed by atoms with Crippen LogP contribution >= 0.6 is 11.6 Å². The molecular formula is C8H6ClN3O2. The average Bonchev–Trinajstić information content (AvgIpc) is 2.48. The van der Waals surface area contributed by atoms with Crippen molar-refractivity contribution in [2.45, 2.75) is 6.92 Å². The first-order valence-corrected chi connectivity index (χ1v) is 4.21. The Morgan fingerprint density at radius 2 is 2.36 bits per heavy atom. The molecule has 5 nitrogen and oxygen atoms in total. The molecule has 0 fully saturated rings. The van der Waals surface area contributed by atoms with E-state index in [1.807, 2.05) is 0 Å². The Morgan fingerprint density at radius 1 is 1.64 bits per heavy atom. The summed E-state index contributed by atoms with van der Waals surface area (Å²) in [5, 5.41) is 13.1. The number of hydrogen-bond acceptors (Lipinski definition) is 3. The first-order valence-electron chi connectivity index (χ1n) is 3.84. The van der Waals surface area contributed by atoms with Crippen molar-refractivity contribution >= 4 is 23.2 Å². The number of aryl methyl sites for hydroxylation is 1. The lowest BCUT2D eigenvalue weighted by atomic mass is 10.3. The topological polar surface area (TPSA) is 67.5 Å². The van der Waals surface area contributed by atoms with Crippen molar-refractivity contribution in [1.29, 1.82) is 0 Å². The minimum Gasteiger partial charge on any atom is -0.477 e. The molecule has 0 aliphatic heterocycles. The highest BCUT2D eigenvalue weighted by atomic mass is 35.5. The predicted octanol–water partition coefficient (Wildman–Crippen LogP) is 1.39. The smallest absolute Gasteiger partial charge is 0.354 e. The van der Waals surface area contributed by atoms with Crippen LogP contribution in [0.2, 0.25) is 5.02 Å². The largest absolute Gasteiger partial charge is 0.477 e. The number of carboxylic acid groups (broad SMARTS) is 1. The molecule has 0 amide bonds. The van der Waals surface area contributed by atoms with Crippen molar-refractivity contribution in [3.63, 3.8) is 0 Å². The van der Waals surface area contributed by atoms with E-state index in [1.54, 1.807) is 6.92 Å². The maximum absolute atomic E-state index is 10.7. The summed E-state index contributed by atoms with van der Waals surface area (Å²) in [6, 6.07) is 1.44. The summed E-state index contributed by atoms with van der Waals surface area (Å²) < 4.78 is 1.49. The number of rotatable bonds is 1. The zero-order chi connectivity index (χ0) is 10.3. The van der Waals surface area contributed by atoms with Gasteiger partial charge in [0, 0.05) is 5.69 Å². The van der Waals surface area contributed by atoms with Gasteiger partial charge in [0.1, 0.15) is 5.02 Å². The zero-order valence-electron chi connectivity index (χ0n) is 7.23. The molecule has 2 heterocycles. The molecule has 0 saturated heterocycles. The molecule has 2 aromatic heterocycles. The number of carboxylic acids is 1. The van der Waals surface area contributed by atoms with E-state index in [0.717, 1.165) is 0 Å². The van der Waals surface area contributed by atoms with Crippen LogP contribution < -0.4 is 0 Å². The number of carbonyl (C=O) groups is 1. The van der Waals surface area contributed by atoms with Crippen LogP contribution in [0.3, 0.4) is 0 Å². The lowest BCUT2D eigenvalue weighted by molar-refractivity contribution is 0.0690. The van der Waals surface area contributed by atoms with E-state index in [0.29, 0.717) is 16.4 Å². The fourth-order valence-corrected chi connectivity index (χ4v) is 1.36. The molecule has 14 heavy (non-hydrogen) atoms. The molecule has 72 valence electrons. The van der Waals surface area contributed by atoms with Gasteiger partial charge < -0.3 is 5.11 Å². The molecule has 0 aliphatic carbocycles. The maximum atomic E-state index is 10.7. The van der Waals surface area contributed by atoms with Crippen LogP contribution in [0, 0.1) is 6.92 Å². The molecule has 0 radical (unpaired) electrons. The monoisotopic (exact) mass is 211 g/mol. The second-order valence-electron chi connectivity index (χ2n) is 2.82. The van der Waals surface area contributed by atoms with Crippen molar-refractivity contribution in [2.75, 3.05) is 0 Å². The Hall–Kier alpha value is -1.62. The number of aromatic carboxylic acids is 1. The normalized spacial score (nSPS) is 10.7. The van der Waals surface area contributed by atoms with Crippen molar-refractivity contribution in [3.8, 4) is 0 Å². The summed E-state index contributed by atoms with van der Waals surface area (Å²) in [5.74, 6) is -1.08. The van der Waals surface area contributed by atoms with E-state index in [2.05, 4.69) is 10.1 Å². The van der Waals surface area contributed by atoms with Gasteiger partial charge in [0.2, 0.25) is 0 Å². The van der Waals surface area contributed by atoms with Gasteiger partial charge in [-0.25, -0.2) is 14.3 Å². The Balaban J connectivity index is 2.82. The van der Waals surface area contributed by atoms with Gasteiger partial charge in [-0.2, -0.15) is 5.10 Å². The highest BCUT2D eigenvalue weighted by molar-refractivity contribution is 6.33. The van der Waals surface area contributed by atoms with Crippen LogP contribution in [0.5, 0.6) is 0 Å². The molecule has 0 bridgehead atoms. The fraction of sp³-hybridized carbons (Fsp3) is 0.125. The van der Waals surface area contributed by atoms with Crippen molar-refractivity contribution in [3.05, 3.63) is 28.7 Å². The minimum atomic E-state index is -1.08. The van der Waals surface area contributed by atoms with Crippen LogP contribution in [-0.4, -0.2) is 25.7 Å². The highest BCUT2D eigenvalue weighted by Gasteiger charge is 2.11. The lowest BCUT2D eigenvalue weighted by Gasteiger charge is -2.00. The van der Waals surface area contributed by atoms with E-state index < -0.39 is 5.97 Å². The van der Waals surface area contributed by atoms with Gasteiger partial charge in [-0.05, 0) is 13.0 Å². The minimum absolute atomic E-state index is 0.0302. The van der Waals surface area contributed by atoms with Crippen LogP contribution in [0.25, 0.3) is 5.65 Å². The first kappa shape index (κ1) is 8.96. The maximum Gasteiger partial charge on any atom is 0.354 e. The van der Waals surface area contributed by atoms with Gasteiger partial charge in [-0.1, -0.05) is 11.6 Å². The molecule has 1 N–H and O–H groups in total. The van der Waals surface area contributed by atoms with Gasteiger partial charge >= 0.3 is 5.97 Å². The lowest BCUT2D eigenvalue weighted by Crippen LogP contribution is -2.05. The zero-order valence-corrected chi connectivity index (χ0v) is 7.99. The van der Waals surface area contributed by atoms with E-state index >= 15 is 0 Å². The van der Waals surface area contributed by atoms with Gasteiger partial charge in [0.25, 0.3) is 0 Å². The predicted molar refractivity (Wildman–Crippen MR) is 49.7 cm³/mol. The number of halogens is 1. The van der Waals surface area contributed by atoms with Crippen LogP contribution in [0.4, 0.5) is 0 Å². The molecule has 2 rings (SSSR count). The molecule has 0 unspecified atom stereocenters. The van der Waals surface area contributed by atoms with Crippen molar-refractivity contribution in [2.24, 2.45) is 0 Å². The molecule has 2 aromatic rings. The van der Waals surface area contributed by atoms with Crippen LogP contribution in [-0.2, 0) is 0 Å². The molecular weight excluding hydrogens is 206 g/mol.